The molecule has 112 valence electrons. The van der Waals surface area contributed by atoms with Crippen LogP contribution in [0.15, 0.2) is 28.8 Å². The van der Waals surface area contributed by atoms with Crippen molar-refractivity contribution in [1.82, 2.24) is 15.5 Å². The summed E-state index contributed by atoms with van der Waals surface area (Å²) >= 11 is 0. The Morgan fingerprint density at radius 3 is 2.81 bits per heavy atom. The van der Waals surface area contributed by atoms with E-state index in [9.17, 15) is 0 Å². The molecule has 1 aliphatic rings. The molecule has 2 atom stereocenters. The second-order valence-electron chi connectivity index (χ2n) is 5.05. The molecule has 6 heteroatoms. The minimum atomic E-state index is 0.100. The van der Waals surface area contributed by atoms with Gasteiger partial charge in [0.05, 0.1) is 19.6 Å². The van der Waals surface area contributed by atoms with Crippen LogP contribution in [0.25, 0.3) is 11.4 Å². The zero-order valence-corrected chi connectivity index (χ0v) is 12.2. The first kappa shape index (κ1) is 14.0. The fourth-order valence-corrected chi connectivity index (χ4v) is 2.57. The number of nitrogens with one attached hydrogen (secondary N) is 1. The Morgan fingerprint density at radius 2 is 2.10 bits per heavy atom. The van der Waals surface area contributed by atoms with Crippen molar-refractivity contribution < 1.29 is 14.0 Å². The third kappa shape index (κ3) is 2.91. The first-order valence-corrected chi connectivity index (χ1v) is 7.05. The van der Waals surface area contributed by atoms with Crippen LogP contribution in [0.4, 0.5) is 0 Å². The molecule has 1 aliphatic heterocycles. The molecule has 0 bridgehead atoms. The Morgan fingerprint density at radius 1 is 1.29 bits per heavy atom. The van der Waals surface area contributed by atoms with Gasteiger partial charge in [0.25, 0.3) is 0 Å². The number of hydrogen-bond donors (Lipinski definition) is 1. The van der Waals surface area contributed by atoms with Gasteiger partial charge in [-0.15, -0.1) is 0 Å². The Labute approximate surface area is 123 Å². The van der Waals surface area contributed by atoms with Crippen molar-refractivity contribution in [2.24, 2.45) is 0 Å². The second kappa shape index (κ2) is 6.24. The summed E-state index contributed by atoms with van der Waals surface area (Å²) in [6.45, 7) is 1.37. The molecular formula is C15H19N3O3. The van der Waals surface area contributed by atoms with Gasteiger partial charge in [-0.2, -0.15) is 4.98 Å². The quantitative estimate of drug-likeness (QED) is 0.926. The first-order chi connectivity index (χ1) is 10.3. The predicted molar refractivity (Wildman–Crippen MR) is 77.3 cm³/mol. The average Bonchev–Trinajstić information content (AvgIpc) is 3.04. The van der Waals surface area contributed by atoms with Crippen LogP contribution in [0.2, 0.25) is 0 Å². The monoisotopic (exact) mass is 289 g/mol. The van der Waals surface area contributed by atoms with Gasteiger partial charge in [0.2, 0.25) is 11.7 Å². The van der Waals surface area contributed by atoms with E-state index in [2.05, 4.69) is 15.5 Å². The Bertz CT molecular complexity index is 582. The molecule has 2 unspecified atom stereocenters. The van der Waals surface area contributed by atoms with Crippen molar-refractivity contribution >= 4 is 0 Å². The number of ether oxygens (including phenoxy) is 2. The third-order valence-electron chi connectivity index (χ3n) is 3.83. The van der Waals surface area contributed by atoms with Gasteiger partial charge in [-0.3, -0.25) is 0 Å². The van der Waals surface area contributed by atoms with Crippen molar-refractivity contribution in [3.63, 3.8) is 0 Å². The average molecular weight is 289 g/mol. The highest BCUT2D eigenvalue weighted by Crippen LogP contribution is 2.27. The standard InChI is InChI=1S/C15H19N3O3/c1-16-13-7-8-20-9-12(13)15-17-14(18-21-15)10-3-5-11(19-2)6-4-10/h3-6,12-13,16H,7-9H2,1-2H3. The minimum absolute atomic E-state index is 0.100. The Hall–Kier alpha value is -1.92. The summed E-state index contributed by atoms with van der Waals surface area (Å²) in [7, 11) is 3.59. The lowest BCUT2D eigenvalue weighted by Gasteiger charge is -2.28. The molecule has 2 aromatic rings. The van der Waals surface area contributed by atoms with Crippen LogP contribution >= 0.6 is 0 Å². The van der Waals surface area contributed by atoms with Crippen LogP contribution in [0.5, 0.6) is 5.75 Å². The maximum atomic E-state index is 5.53. The smallest absolute Gasteiger partial charge is 0.233 e. The molecule has 0 amide bonds. The van der Waals surface area contributed by atoms with Crippen molar-refractivity contribution in [3.8, 4) is 17.1 Å². The SMILES string of the molecule is CNC1CCOCC1c1nc(-c2ccc(OC)cc2)no1. The van der Waals surface area contributed by atoms with E-state index in [1.807, 2.05) is 31.3 Å². The van der Waals surface area contributed by atoms with E-state index in [1.165, 1.54) is 0 Å². The Balaban J connectivity index is 1.81. The molecule has 1 aromatic heterocycles. The largest absolute Gasteiger partial charge is 0.497 e. The molecule has 0 radical (unpaired) electrons. The summed E-state index contributed by atoms with van der Waals surface area (Å²) < 4.78 is 16.1. The lowest BCUT2D eigenvalue weighted by atomic mass is 9.96. The van der Waals surface area contributed by atoms with Crippen LogP contribution in [-0.4, -0.2) is 43.6 Å². The zero-order valence-electron chi connectivity index (χ0n) is 12.2. The first-order valence-electron chi connectivity index (χ1n) is 7.05. The summed E-state index contributed by atoms with van der Waals surface area (Å²) in [6.07, 6.45) is 0.946. The fraction of sp³-hybridized carbons (Fsp3) is 0.467. The topological polar surface area (TPSA) is 69.4 Å². The fourth-order valence-electron chi connectivity index (χ4n) is 2.57. The maximum absolute atomic E-state index is 5.53. The second-order valence-corrected chi connectivity index (χ2v) is 5.05. The summed E-state index contributed by atoms with van der Waals surface area (Å²) in [4.78, 5) is 4.52. The number of benzene rings is 1. The molecule has 1 fully saturated rings. The van der Waals surface area contributed by atoms with Crippen LogP contribution in [0, 0.1) is 0 Å². The molecule has 1 N–H and O–H groups in total. The minimum Gasteiger partial charge on any atom is -0.497 e. The van der Waals surface area contributed by atoms with Gasteiger partial charge in [-0.25, -0.2) is 0 Å². The van der Waals surface area contributed by atoms with Gasteiger partial charge in [-0.05, 0) is 37.7 Å². The van der Waals surface area contributed by atoms with Gasteiger partial charge in [0.1, 0.15) is 5.75 Å². The van der Waals surface area contributed by atoms with Gasteiger partial charge in [0, 0.05) is 18.2 Å². The summed E-state index contributed by atoms with van der Waals surface area (Å²) in [5, 5.41) is 7.37. The highest BCUT2D eigenvalue weighted by atomic mass is 16.5. The van der Waals surface area contributed by atoms with Crippen LogP contribution < -0.4 is 10.1 Å². The van der Waals surface area contributed by atoms with E-state index in [4.69, 9.17) is 14.0 Å². The zero-order chi connectivity index (χ0) is 14.7. The van der Waals surface area contributed by atoms with Gasteiger partial charge >= 0.3 is 0 Å². The number of rotatable bonds is 4. The predicted octanol–water partition coefficient (Wildman–Crippen LogP) is 1.84. The number of hydrogen-bond acceptors (Lipinski definition) is 6. The van der Waals surface area contributed by atoms with E-state index in [-0.39, 0.29) is 5.92 Å². The third-order valence-corrected chi connectivity index (χ3v) is 3.83. The normalized spacial score (nSPS) is 22.2. The maximum Gasteiger partial charge on any atom is 0.233 e. The van der Waals surface area contributed by atoms with E-state index in [1.54, 1.807) is 7.11 Å². The van der Waals surface area contributed by atoms with Crippen LogP contribution in [0.3, 0.4) is 0 Å². The summed E-state index contributed by atoms with van der Waals surface area (Å²) in [5.74, 6) is 2.12. The molecule has 3 rings (SSSR count). The lowest BCUT2D eigenvalue weighted by molar-refractivity contribution is 0.0516. The molecule has 0 aliphatic carbocycles. The summed E-state index contributed by atoms with van der Waals surface area (Å²) in [5.41, 5.74) is 0.906. The molecule has 6 nitrogen and oxygen atoms in total. The van der Waals surface area contributed by atoms with Crippen LogP contribution in [-0.2, 0) is 4.74 Å². The highest BCUT2D eigenvalue weighted by Gasteiger charge is 2.30. The van der Waals surface area contributed by atoms with E-state index < -0.39 is 0 Å². The molecule has 1 saturated heterocycles. The number of nitrogens with zero attached hydrogens (tertiary/aromatic N) is 2. The van der Waals surface area contributed by atoms with E-state index in [0.29, 0.717) is 24.4 Å². The number of aromatic nitrogens is 2. The Kier molecular flexibility index (Phi) is 4.17. The van der Waals surface area contributed by atoms with E-state index >= 15 is 0 Å². The molecule has 0 spiro atoms. The molecule has 2 heterocycles. The number of methoxy groups -OCH3 is 1. The van der Waals surface area contributed by atoms with Crippen molar-refractivity contribution in [2.75, 3.05) is 27.4 Å². The highest BCUT2D eigenvalue weighted by molar-refractivity contribution is 5.55. The van der Waals surface area contributed by atoms with Crippen molar-refractivity contribution in [3.05, 3.63) is 30.2 Å². The molecule has 0 saturated carbocycles. The van der Waals surface area contributed by atoms with E-state index in [0.717, 1.165) is 24.3 Å². The van der Waals surface area contributed by atoms with Gasteiger partial charge in [-0.1, -0.05) is 5.16 Å². The molecular weight excluding hydrogens is 270 g/mol. The molecule has 1 aromatic carbocycles. The van der Waals surface area contributed by atoms with Gasteiger partial charge < -0.3 is 19.3 Å². The van der Waals surface area contributed by atoms with Crippen molar-refractivity contribution in [1.29, 1.82) is 0 Å². The van der Waals surface area contributed by atoms with Gasteiger partial charge in [0.15, 0.2) is 0 Å². The lowest BCUT2D eigenvalue weighted by Crippen LogP contribution is -2.39. The van der Waals surface area contributed by atoms with Crippen LogP contribution in [0.1, 0.15) is 18.2 Å². The number of likely N-dealkylation sites (N-methyl/N-ethyl adjacent to an activating group) is 1. The molecule has 21 heavy (non-hydrogen) atoms. The summed E-state index contributed by atoms with van der Waals surface area (Å²) in [6, 6.07) is 7.90. The van der Waals surface area contributed by atoms with Crippen molar-refractivity contribution in [2.45, 2.75) is 18.4 Å².